The minimum atomic E-state index is -0.667. The summed E-state index contributed by atoms with van der Waals surface area (Å²) in [4.78, 5) is 26.3. The molecule has 2 amide bonds. The summed E-state index contributed by atoms with van der Waals surface area (Å²) in [6.45, 7) is 3.96. The van der Waals surface area contributed by atoms with Crippen LogP contribution in [0.25, 0.3) is 0 Å². The number of thioether (sulfide) groups is 1. The number of aromatic nitrogens is 3. The average molecular weight is 539 g/mol. The number of thiophene rings is 1. The van der Waals surface area contributed by atoms with E-state index in [1.165, 1.54) is 33.5 Å². The Bertz CT molecular complexity index is 1310. The minimum absolute atomic E-state index is 0.132. The van der Waals surface area contributed by atoms with Crippen LogP contribution in [0.1, 0.15) is 54.1 Å². The van der Waals surface area contributed by atoms with Crippen LogP contribution >= 0.6 is 23.1 Å². The highest BCUT2D eigenvalue weighted by Gasteiger charge is 2.22. The second-order valence-corrected chi connectivity index (χ2v) is 10.8. The fraction of sp³-hybridized carbons (Fsp3) is 0.423. The lowest BCUT2D eigenvalue weighted by Crippen LogP contribution is -2.36. The van der Waals surface area contributed by atoms with E-state index in [1.807, 2.05) is 24.3 Å². The molecular formula is C26H30N6O3S2. The first-order valence-electron chi connectivity index (χ1n) is 12.3. The zero-order valence-corrected chi connectivity index (χ0v) is 22.8. The normalized spacial score (nSPS) is 13.4. The Hall–Kier alpha value is -3.36. The van der Waals surface area contributed by atoms with E-state index < -0.39 is 6.10 Å². The summed E-state index contributed by atoms with van der Waals surface area (Å²) >= 11 is 2.76. The lowest BCUT2D eigenvalue weighted by molar-refractivity contribution is -0.127. The molecule has 9 nitrogen and oxygen atoms in total. The third kappa shape index (κ3) is 6.50. The van der Waals surface area contributed by atoms with Crippen molar-refractivity contribution < 1.29 is 14.3 Å². The number of aryl methyl sites for hydroxylation is 2. The second-order valence-electron chi connectivity index (χ2n) is 8.80. The highest BCUT2D eigenvalue weighted by Crippen LogP contribution is 2.37. The number of fused-ring (bicyclic) bond motifs is 1. The van der Waals surface area contributed by atoms with Crippen LogP contribution in [-0.2, 0) is 42.4 Å². The van der Waals surface area contributed by atoms with Crippen molar-refractivity contribution in [1.82, 2.24) is 20.1 Å². The summed E-state index contributed by atoms with van der Waals surface area (Å²) in [5.41, 5.74) is 2.90. The largest absolute Gasteiger partial charge is 0.481 e. The van der Waals surface area contributed by atoms with Gasteiger partial charge in [-0.2, -0.15) is 5.26 Å². The van der Waals surface area contributed by atoms with Crippen LogP contribution in [0.15, 0.2) is 29.4 Å². The van der Waals surface area contributed by atoms with Gasteiger partial charge >= 0.3 is 0 Å². The van der Waals surface area contributed by atoms with Crippen LogP contribution < -0.4 is 15.4 Å². The number of hydrogen-bond acceptors (Lipinski definition) is 8. The molecular weight excluding hydrogens is 508 g/mol. The summed E-state index contributed by atoms with van der Waals surface area (Å²) in [5.74, 6) is 0.875. The van der Waals surface area contributed by atoms with Crippen molar-refractivity contribution in [2.24, 2.45) is 7.05 Å². The third-order valence-electron chi connectivity index (χ3n) is 6.23. The fourth-order valence-corrected chi connectivity index (χ4v) is 6.05. The molecule has 1 atom stereocenters. The van der Waals surface area contributed by atoms with Crippen molar-refractivity contribution in [3.63, 3.8) is 0 Å². The Labute approximate surface area is 224 Å². The summed E-state index contributed by atoms with van der Waals surface area (Å²) in [6.07, 6.45) is 4.34. The van der Waals surface area contributed by atoms with Crippen molar-refractivity contribution in [1.29, 1.82) is 5.26 Å². The van der Waals surface area contributed by atoms with E-state index in [-0.39, 0.29) is 24.1 Å². The van der Waals surface area contributed by atoms with Gasteiger partial charge in [0.05, 0.1) is 17.9 Å². The number of nitriles is 1. The first-order valence-corrected chi connectivity index (χ1v) is 14.1. The number of ether oxygens (including phenoxy) is 1. The molecule has 3 aromatic rings. The lowest BCUT2D eigenvalue weighted by atomic mass is 9.96. The van der Waals surface area contributed by atoms with Crippen LogP contribution in [0.4, 0.5) is 5.00 Å². The molecule has 0 fully saturated rings. The predicted octanol–water partition coefficient (Wildman–Crippen LogP) is 4.00. The Kier molecular flexibility index (Phi) is 8.84. The molecule has 194 valence electrons. The van der Waals surface area contributed by atoms with Gasteiger partial charge in [-0.25, -0.2) is 0 Å². The maximum Gasteiger partial charge on any atom is 0.261 e. The quantitative estimate of drug-likeness (QED) is 0.374. The van der Waals surface area contributed by atoms with Gasteiger partial charge in [-0.3, -0.25) is 9.59 Å². The SMILES string of the molecule is CCc1ccc(O[C@@H](C)C(=O)NCc2nnc(SCC(=O)Nc3sc4c(c3C#N)CCCC4)n2C)cc1. The number of benzene rings is 1. The number of hydrogen-bond donors (Lipinski definition) is 2. The molecule has 37 heavy (non-hydrogen) atoms. The molecule has 0 radical (unpaired) electrons. The first-order chi connectivity index (χ1) is 17.9. The monoisotopic (exact) mass is 538 g/mol. The van der Waals surface area contributed by atoms with Gasteiger partial charge in [-0.05, 0) is 62.3 Å². The van der Waals surface area contributed by atoms with E-state index in [9.17, 15) is 14.9 Å². The first kappa shape index (κ1) is 26.7. The molecule has 1 aliphatic carbocycles. The molecule has 11 heteroatoms. The van der Waals surface area contributed by atoms with Gasteiger partial charge in [0.1, 0.15) is 16.8 Å². The number of rotatable bonds is 10. The zero-order chi connectivity index (χ0) is 26.4. The van der Waals surface area contributed by atoms with Gasteiger partial charge in [0.2, 0.25) is 5.91 Å². The van der Waals surface area contributed by atoms with Gasteiger partial charge in [0, 0.05) is 11.9 Å². The summed E-state index contributed by atoms with van der Waals surface area (Å²) in [6, 6.07) is 9.95. The number of nitrogens with one attached hydrogen (secondary N) is 2. The van der Waals surface area contributed by atoms with Crippen molar-refractivity contribution in [3.8, 4) is 11.8 Å². The maximum atomic E-state index is 12.6. The molecule has 4 rings (SSSR count). The number of carbonyl (C=O) groups is 2. The van der Waals surface area contributed by atoms with Crippen molar-refractivity contribution in [2.45, 2.75) is 63.8 Å². The fourth-order valence-electron chi connectivity index (χ4n) is 4.06. The predicted molar refractivity (Wildman–Crippen MR) is 144 cm³/mol. The molecule has 2 N–H and O–H groups in total. The van der Waals surface area contributed by atoms with Gasteiger partial charge < -0.3 is 19.9 Å². The summed E-state index contributed by atoms with van der Waals surface area (Å²) < 4.78 is 7.48. The average Bonchev–Trinajstić information content (AvgIpc) is 3.44. The van der Waals surface area contributed by atoms with E-state index >= 15 is 0 Å². The smallest absolute Gasteiger partial charge is 0.261 e. The molecule has 1 aliphatic rings. The molecule has 0 saturated heterocycles. The Balaban J connectivity index is 1.26. The van der Waals surface area contributed by atoms with Crippen molar-refractivity contribution >= 4 is 39.9 Å². The van der Waals surface area contributed by atoms with Crippen LogP contribution in [0.5, 0.6) is 5.75 Å². The molecule has 2 heterocycles. The standard InChI is InChI=1S/C26H30N6O3S2/c1-4-17-9-11-18(12-10-17)35-16(2)24(34)28-14-22-30-31-26(32(22)3)36-15-23(33)29-25-20(13-27)19-7-5-6-8-21(19)37-25/h9-12,16H,4-8,14-15H2,1-3H3,(H,28,34)(H,29,33)/t16-/m0/s1. The van der Waals surface area contributed by atoms with E-state index in [1.54, 1.807) is 18.5 Å². The molecule has 0 bridgehead atoms. The van der Waals surface area contributed by atoms with Crippen LogP contribution in [-0.4, -0.2) is 38.4 Å². The summed E-state index contributed by atoms with van der Waals surface area (Å²) in [7, 11) is 1.79. The van der Waals surface area contributed by atoms with Gasteiger partial charge in [-0.1, -0.05) is 30.8 Å². The number of anilines is 1. The van der Waals surface area contributed by atoms with Crippen LogP contribution in [0, 0.1) is 11.3 Å². The molecule has 1 aromatic carbocycles. The number of amides is 2. The molecule has 0 saturated carbocycles. The Morgan fingerprint density at radius 1 is 1.24 bits per heavy atom. The maximum absolute atomic E-state index is 12.6. The van der Waals surface area contributed by atoms with E-state index in [0.29, 0.717) is 27.3 Å². The Morgan fingerprint density at radius 3 is 2.73 bits per heavy atom. The molecule has 2 aromatic heterocycles. The minimum Gasteiger partial charge on any atom is -0.481 e. The molecule has 0 spiro atoms. The van der Waals surface area contributed by atoms with E-state index in [0.717, 1.165) is 37.7 Å². The highest BCUT2D eigenvalue weighted by atomic mass is 32.2. The molecule has 0 unspecified atom stereocenters. The Morgan fingerprint density at radius 2 is 2.00 bits per heavy atom. The van der Waals surface area contributed by atoms with Crippen molar-refractivity contribution in [3.05, 3.63) is 51.7 Å². The van der Waals surface area contributed by atoms with Gasteiger partial charge in [0.25, 0.3) is 5.91 Å². The topological polar surface area (TPSA) is 122 Å². The lowest BCUT2D eigenvalue weighted by Gasteiger charge is -2.15. The number of nitrogens with zero attached hydrogens (tertiary/aromatic N) is 4. The molecule has 0 aliphatic heterocycles. The van der Waals surface area contributed by atoms with Crippen LogP contribution in [0.3, 0.4) is 0 Å². The van der Waals surface area contributed by atoms with Gasteiger partial charge in [0.15, 0.2) is 17.1 Å². The van der Waals surface area contributed by atoms with E-state index in [4.69, 9.17) is 4.74 Å². The van der Waals surface area contributed by atoms with Crippen LogP contribution in [0.2, 0.25) is 0 Å². The third-order valence-corrected chi connectivity index (χ3v) is 8.46. The highest BCUT2D eigenvalue weighted by molar-refractivity contribution is 7.99. The van der Waals surface area contributed by atoms with E-state index in [2.05, 4.69) is 33.8 Å². The second kappa shape index (κ2) is 12.3. The summed E-state index contributed by atoms with van der Waals surface area (Å²) in [5, 5.41) is 24.8. The van der Waals surface area contributed by atoms with Gasteiger partial charge in [-0.15, -0.1) is 21.5 Å². The van der Waals surface area contributed by atoms with Crippen molar-refractivity contribution in [2.75, 3.05) is 11.1 Å². The number of carbonyl (C=O) groups excluding carboxylic acids is 2. The zero-order valence-electron chi connectivity index (χ0n) is 21.2.